The van der Waals surface area contributed by atoms with Crippen molar-refractivity contribution in [2.24, 2.45) is 0 Å². The molecule has 0 saturated carbocycles. The van der Waals surface area contributed by atoms with Gasteiger partial charge in [-0.15, -0.1) is 0 Å². The van der Waals surface area contributed by atoms with E-state index in [4.69, 9.17) is 5.11 Å². The Bertz CT molecular complexity index is 399. The smallest absolute Gasteiger partial charge is 0.407 e. The third kappa shape index (κ3) is 3.45. The summed E-state index contributed by atoms with van der Waals surface area (Å²) in [4.78, 5) is 21.5. The Kier molecular flexibility index (Phi) is 4.07. The number of nitrogens with one attached hydrogen (secondary N) is 2. The average Bonchev–Trinajstić information content (AvgIpc) is 2.72. The van der Waals surface area contributed by atoms with E-state index in [2.05, 4.69) is 26.8 Å². The van der Waals surface area contributed by atoms with E-state index in [-0.39, 0.29) is 18.8 Å². The lowest BCUT2D eigenvalue weighted by atomic mass is 10.3. The first-order valence-electron chi connectivity index (χ1n) is 4.42. The van der Waals surface area contributed by atoms with Gasteiger partial charge in [0.1, 0.15) is 6.61 Å². The number of hydrogen-bond acceptors (Lipinski definition) is 4. The molecule has 1 aromatic rings. The number of amides is 1. The molecule has 0 unspecified atom stereocenters. The van der Waals surface area contributed by atoms with Crippen molar-refractivity contribution in [1.82, 2.24) is 15.5 Å². The number of aromatic amines is 1. The van der Waals surface area contributed by atoms with Crippen LogP contribution in [0.3, 0.4) is 0 Å². The molecule has 1 aromatic heterocycles. The van der Waals surface area contributed by atoms with Gasteiger partial charge in [-0.2, -0.15) is 5.10 Å². The summed E-state index contributed by atoms with van der Waals surface area (Å²) >= 11 is 0. The molecule has 1 amide bonds. The van der Waals surface area contributed by atoms with E-state index in [0.29, 0.717) is 5.69 Å². The summed E-state index contributed by atoms with van der Waals surface area (Å²) in [5.74, 6) is -1.13. The highest BCUT2D eigenvalue weighted by Crippen LogP contribution is 1.98. The molecule has 1 rings (SSSR count). The third-order valence-electron chi connectivity index (χ3n) is 1.61. The zero-order valence-electron chi connectivity index (χ0n) is 8.40. The Morgan fingerprint density at radius 3 is 3.00 bits per heavy atom. The van der Waals surface area contributed by atoms with Crippen LogP contribution in [0.25, 0.3) is 0 Å². The molecular formula is C9H11N3O4. The average molecular weight is 225 g/mol. The van der Waals surface area contributed by atoms with E-state index in [9.17, 15) is 9.59 Å². The number of carbonyl (C=O) groups excluding carboxylic acids is 1. The van der Waals surface area contributed by atoms with Gasteiger partial charge in [0.15, 0.2) is 5.69 Å². The number of carbonyl (C=O) groups is 2. The third-order valence-corrected chi connectivity index (χ3v) is 1.61. The van der Waals surface area contributed by atoms with Crippen molar-refractivity contribution in [2.45, 2.75) is 6.54 Å². The maximum atomic E-state index is 11.0. The van der Waals surface area contributed by atoms with E-state index in [1.54, 1.807) is 0 Å². The van der Waals surface area contributed by atoms with Gasteiger partial charge in [0.25, 0.3) is 0 Å². The van der Waals surface area contributed by atoms with Crippen LogP contribution in [0.5, 0.6) is 0 Å². The van der Waals surface area contributed by atoms with Gasteiger partial charge in [-0.1, -0.05) is 12.7 Å². The minimum absolute atomic E-state index is 0.101. The molecule has 0 radical (unpaired) electrons. The van der Waals surface area contributed by atoms with E-state index in [1.165, 1.54) is 12.1 Å². The first-order chi connectivity index (χ1) is 7.63. The number of ether oxygens (including phenoxy) is 1. The maximum Gasteiger partial charge on any atom is 0.407 e. The van der Waals surface area contributed by atoms with Crippen LogP contribution in [0.2, 0.25) is 0 Å². The summed E-state index contributed by atoms with van der Waals surface area (Å²) < 4.78 is 4.65. The number of alkyl carbamates (subject to hydrolysis) is 1. The first-order valence-corrected chi connectivity index (χ1v) is 4.42. The zero-order chi connectivity index (χ0) is 12.0. The molecule has 0 aliphatic heterocycles. The van der Waals surface area contributed by atoms with Crippen LogP contribution in [-0.4, -0.2) is 34.0 Å². The lowest BCUT2D eigenvalue weighted by Crippen LogP contribution is -2.23. The van der Waals surface area contributed by atoms with Gasteiger partial charge in [0, 0.05) is 0 Å². The summed E-state index contributed by atoms with van der Waals surface area (Å²) in [6, 6.07) is 1.33. The Labute approximate surface area is 91.1 Å². The van der Waals surface area contributed by atoms with Crippen molar-refractivity contribution in [3.63, 3.8) is 0 Å². The van der Waals surface area contributed by atoms with Gasteiger partial charge in [0.2, 0.25) is 0 Å². The lowest BCUT2D eigenvalue weighted by Gasteiger charge is -2.02. The highest BCUT2D eigenvalue weighted by atomic mass is 16.5. The number of H-pyrrole nitrogens is 1. The number of hydrogen-bond donors (Lipinski definition) is 3. The number of aromatic carboxylic acids is 1. The fourth-order valence-corrected chi connectivity index (χ4v) is 0.915. The van der Waals surface area contributed by atoms with Gasteiger partial charge in [0.05, 0.1) is 12.2 Å². The molecular weight excluding hydrogens is 214 g/mol. The summed E-state index contributed by atoms with van der Waals surface area (Å²) in [6.45, 7) is 3.63. The number of aromatic nitrogens is 2. The van der Waals surface area contributed by atoms with Crippen LogP contribution in [0.4, 0.5) is 4.79 Å². The molecule has 1 heterocycles. The quantitative estimate of drug-likeness (QED) is 0.633. The first kappa shape index (κ1) is 11.8. The van der Waals surface area contributed by atoms with Crippen molar-refractivity contribution in [2.75, 3.05) is 6.61 Å². The number of carboxylic acid groups (broad SMARTS) is 1. The van der Waals surface area contributed by atoms with Crippen molar-refractivity contribution in [1.29, 1.82) is 0 Å². The SMILES string of the molecule is C=CCOC(=O)NCc1cc(C(=O)O)n[nH]1. The molecule has 7 nitrogen and oxygen atoms in total. The molecule has 0 saturated heterocycles. The summed E-state index contributed by atoms with van der Waals surface area (Å²) in [6.07, 6.45) is 0.838. The number of rotatable bonds is 5. The minimum Gasteiger partial charge on any atom is -0.476 e. The maximum absolute atomic E-state index is 11.0. The predicted molar refractivity (Wildman–Crippen MR) is 53.9 cm³/mol. The van der Waals surface area contributed by atoms with E-state index in [0.717, 1.165) is 0 Å². The number of carboxylic acids is 1. The van der Waals surface area contributed by atoms with Crippen molar-refractivity contribution in [3.05, 3.63) is 30.1 Å². The van der Waals surface area contributed by atoms with Crippen LogP contribution in [0.1, 0.15) is 16.2 Å². The van der Waals surface area contributed by atoms with Gasteiger partial charge in [-0.05, 0) is 6.07 Å². The van der Waals surface area contributed by atoms with Crippen LogP contribution in [-0.2, 0) is 11.3 Å². The Morgan fingerprint density at radius 2 is 2.44 bits per heavy atom. The molecule has 0 spiro atoms. The van der Waals surface area contributed by atoms with Gasteiger partial charge in [-0.25, -0.2) is 9.59 Å². The molecule has 3 N–H and O–H groups in total. The van der Waals surface area contributed by atoms with Crippen LogP contribution < -0.4 is 5.32 Å². The van der Waals surface area contributed by atoms with E-state index < -0.39 is 12.1 Å². The molecule has 16 heavy (non-hydrogen) atoms. The molecule has 7 heteroatoms. The lowest BCUT2D eigenvalue weighted by molar-refractivity contribution is 0.0690. The largest absolute Gasteiger partial charge is 0.476 e. The second-order valence-electron chi connectivity index (χ2n) is 2.82. The van der Waals surface area contributed by atoms with Gasteiger partial charge in [-0.3, -0.25) is 5.10 Å². The predicted octanol–water partition coefficient (Wildman–Crippen LogP) is 0.520. The second-order valence-corrected chi connectivity index (χ2v) is 2.82. The Morgan fingerprint density at radius 1 is 1.69 bits per heavy atom. The van der Waals surface area contributed by atoms with E-state index >= 15 is 0 Å². The zero-order valence-corrected chi connectivity index (χ0v) is 8.40. The minimum atomic E-state index is -1.13. The van der Waals surface area contributed by atoms with Crippen LogP contribution >= 0.6 is 0 Å². The molecule has 0 fully saturated rings. The van der Waals surface area contributed by atoms with Crippen molar-refractivity contribution < 1.29 is 19.4 Å². The van der Waals surface area contributed by atoms with Gasteiger partial charge >= 0.3 is 12.1 Å². The molecule has 0 aliphatic carbocycles. The molecule has 0 aliphatic rings. The van der Waals surface area contributed by atoms with Crippen molar-refractivity contribution >= 4 is 12.1 Å². The second kappa shape index (κ2) is 5.54. The molecule has 0 bridgehead atoms. The normalized spacial score (nSPS) is 9.50. The highest BCUT2D eigenvalue weighted by Gasteiger charge is 2.08. The summed E-state index contributed by atoms with van der Waals surface area (Å²) in [5.41, 5.74) is 0.379. The van der Waals surface area contributed by atoms with Gasteiger partial charge < -0.3 is 15.2 Å². The fraction of sp³-hybridized carbons (Fsp3) is 0.222. The standard InChI is InChI=1S/C9H11N3O4/c1-2-3-16-9(15)10-5-6-4-7(8(13)14)12-11-6/h2,4H,1,3,5H2,(H,10,15)(H,11,12)(H,13,14). The summed E-state index contributed by atoms with van der Waals surface area (Å²) in [7, 11) is 0. The monoisotopic (exact) mass is 225 g/mol. The molecule has 0 aromatic carbocycles. The Hall–Kier alpha value is -2.31. The highest BCUT2D eigenvalue weighted by molar-refractivity contribution is 5.85. The topological polar surface area (TPSA) is 104 Å². The van der Waals surface area contributed by atoms with Crippen LogP contribution in [0, 0.1) is 0 Å². The van der Waals surface area contributed by atoms with Crippen molar-refractivity contribution in [3.8, 4) is 0 Å². The summed E-state index contributed by atoms with van der Waals surface area (Å²) in [5, 5.41) is 17.0. The Balaban J connectivity index is 2.39. The van der Waals surface area contributed by atoms with E-state index in [1.807, 2.05) is 0 Å². The molecule has 0 atom stereocenters. The number of nitrogens with zero attached hydrogens (tertiary/aromatic N) is 1. The molecule has 86 valence electrons. The fourth-order valence-electron chi connectivity index (χ4n) is 0.915. The van der Waals surface area contributed by atoms with Crippen LogP contribution in [0.15, 0.2) is 18.7 Å².